The molecule has 0 radical (unpaired) electrons. The molecule has 0 spiro atoms. The smallest absolute Gasteiger partial charge is 0.273 e. The molecule has 25 heavy (non-hydrogen) atoms. The number of H-pyrrole nitrogens is 1. The van der Waals surface area contributed by atoms with Crippen molar-refractivity contribution in [1.82, 2.24) is 30.5 Å². The predicted octanol–water partition coefficient (Wildman–Crippen LogP) is 2.39. The molecule has 1 amide bonds. The molecule has 2 N–H and O–H groups in total. The van der Waals surface area contributed by atoms with Crippen molar-refractivity contribution in [2.75, 3.05) is 0 Å². The Morgan fingerprint density at radius 1 is 1.24 bits per heavy atom. The van der Waals surface area contributed by atoms with Crippen molar-refractivity contribution in [2.45, 2.75) is 70.9 Å². The van der Waals surface area contributed by atoms with Crippen LogP contribution in [0.1, 0.15) is 72.4 Å². The fourth-order valence-electron chi connectivity index (χ4n) is 4.09. The van der Waals surface area contributed by atoms with Crippen molar-refractivity contribution < 1.29 is 4.79 Å². The zero-order valence-electron chi connectivity index (χ0n) is 14.6. The first-order valence-corrected chi connectivity index (χ1v) is 9.53. The summed E-state index contributed by atoms with van der Waals surface area (Å²) in [6.45, 7) is 1.29. The highest BCUT2D eigenvalue weighted by Crippen LogP contribution is 2.26. The molecule has 0 unspecified atom stereocenters. The summed E-state index contributed by atoms with van der Waals surface area (Å²) in [4.78, 5) is 12.3. The highest BCUT2D eigenvalue weighted by Gasteiger charge is 2.19. The van der Waals surface area contributed by atoms with Crippen LogP contribution in [-0.2, 0) is 25.9 Å². The standard InChI is InChI=1S/C18H26N6O/c25-18(19-11-16-14-7-4-8-15(14)20-21-16)17-12-24(23-22-17)10-9-13-5-2-1-3-6-13/h12-13H,1-11H2,(H,19,25)(H,20,21). The van der Waals surface area contributed by atoms with Gasteiger partial charge in [0.25, 0.3) is 5.91 Å². The third-order valence-electron chi connectivity index (χ3n) is 5.57. The summed E-state index contributed by atoms with van der Waals surface area (Å²) in [6.07, 6.45) is 12.9. The second kappa shape index (κ2) is 7.37. The third-order valence-corrected chi connectivity index (χ3v) is 5.57. The Morgan fingerprint density at radius 2 is 2.12 bits per heavy atom. The molecule has 1 saturated carbocycles. The molecule has 4 rings (SSSR count). The van der Waals surface area contributed by atoms with Crippen LogP contribution in [0.15, 0.2) is 6.20 Å². The van der Waals surface area contributed by atoms with E-state index < -0.39 is 0 Å². The first-order chi connectivity index (χ1) is 12.3. The van der Waals surface area contributed by atoms with Crippen molar-refractivity contribution in [3.63, 3.8) is 0 Å². The van der Waals surface area contributed by atoms with Crippen LogP contribution in [-0.4, -0.2) is 31.1 Å². The lowest BCUT2D eigenvalue weighted by molar-refractivity contribution is 0.0945. The van der Waals surface area contributed by atoms with Crippen molar-refractivity contribution in [3.8, 4) is 0 Å². The Morgan fingerprint density at radius 3 is 3.00 bits per heavy atom. The van der Waals surface area contributed by atoms with Gasteiger partial charge < -0.3 is 5.32 Å². The number of aromatic amines is 1. The summed E-state index contributed by atoms with van der Waals surface area (Å²) < 4.78 is 1.80. The first kappa shape index (κ1) is 16.3. The lowest BCUT2D eigenvalue weighted by atomic mass is 9.87. The van der Waals surface area contributed by atoms with Gasteiger partial charge in [-0.15, -0.1) is 5.10 Å². The molecule has 1 fully saturated rings. The summed E-state index contributed by atoms with van der Waals surface area (Å²) >= 11 is 0. The van der Waals surface area contributed by atoms with Gasteiger partial charge >= 0.3 is 0 Å². The van der Waals surface area contributed by atoms with Gasteiger partial charge in [-0.3, -0.25) is 14.6 Å². The van der Waals surface area contributed by atoms with Crippen LogP contribution >= 0.6 is 0 Å². The van der Waals surface area contributed by atoms with Gasteiger partial charge in [-0.1, -0.05) is 37.3 Å². The van der Waals surface area contributed by atoms with Crippen LogP contribution in [0.5, 0.6) is 0 Å². The van der Waals surface area contributed by atoms with Crippen molar-refractivity contribution >= 4 is 5.91 Å². The fraction of sp³-hybridized carbons (Fsp3) is 0.667. The predicted molar refractivity (Wildman–Crippen MR) is 93.0 cm³/mol. The number of nitrogens with zero attached hydrogens (tertiary/aromatic N) is 4. The topological polar surface area (TPSA) is 88.5 Å². The normalized spacial score (nSPS) is 17.6. The van der Waals surface area contributed by atoms with Gasteiger partial charge in [0, 0.05) is 12.2 Å². The van der Waals surface area contributed by atoms with Crippen LogP contribution in [0.4, 0.5) is 0 Å². The Hall–Kier alpha value is -2.18. The van der Waals surface area contributed by atoms with E-state index in [-0.39, 0.29) is 5.91 Å². The van der Waals surface area contributed by atoms with Crippen molar-refractivity contribution in [3.05, 3.63) is 28.8 Å². The molecule has 2 aromatic heterocycles. The Balaban J connectivity index is 1.28. The number of aryl methyl sites for hydroxylation is 2. The van der Waals surface area contributed by atoms with E-state index in [9.17, 15) is 4.79 Å². The maximum Gasteiger partial charge on any atom is 0.273 e. The van der Waals surface area contributed by atoms with E-state index in [2.05, 4.69) is 25.8 Å². The molecular formula is C18H26N6O. The summed E-state index contributed by atoms with van der Waals surface area (Å²) in [5.74, 6) is 0.621. The van der Waals surface area contributed by atoms with E-state index in [1.54, 1.807) is 10.9 Å². The molecule has 7 nitrogen and oxygen atoms in total. The van der Waals surface area contributed by atoms with Crippen molar-refractivity contribution in [2.24, 2.45) is 5.92 Å². The first-order valence-electron chi connectivity index (χ1n) is 9.53. The molecule has 2 aliphatic rings. The summed E-state index contributed by atoms with van der Waals surface area (Å²) in [5, 5.41) is 18.4. The third kappa shape index (κ3) is 3.75. The highest BCUT2D eigenvalue weighted by molar-refractivity contribution is 5.91. The maximum atomic E-state index is 12.3. The summed E-state index contributed by atoms with van der Waals surface area (Å²) in [7, 11) is 0. The molecule has 0 aromatic carbocycles. The van der Waals surface area contributed by atoms with Gasteiger partial charge in [0.05, 0.1) is 18.4 Å². The van der Waals surface area contributed by atoms with Gasteiger partial charge in [0.15, 0.2) is 5.69 Å². The lowest BCUT2D eigenvalue weighted by Crippen LogP contribution is -2.24. The van der Waals surface area contributed by atoms with Gasteiger partial charge in [0.1, 0.15) is 0 Å². The number of hydrogen-bond acceptors (Lipinski definition) is 4. The fourth-order valence-corrected chi connectivity index (χ4v) is 4.09. The van der Waals surface area contributed by atoms with Crippen LogP contribution in [0, 0.1) is 5.92 Å². The van der Waals surface area contributed by atoms with Gasteiger partial charge in [-0.05, 0) is 37.2 Å². The molecule has 7 heteroatoms. The number of rotatable bonds is 6. The number of fused-ring (bicyclic) bond motifs is 1. The molecule has 2 aromatic rings. The Labute approximate surface area is 147 Å². The molecule has 2 heterocycles. The van der Waals surface area contributed by atoms with E-state index in [4.69, 9.17) is 0 Å². The van der Waals surface area contributed by atoms with E-state index in [1.807, 2.05) is 0 Å². The van der Waals surface area contributed by atoms with E-state index in [0.29, 0.717) is 12.2 Å². The molecule has 2 aliphatic carbocycles. The number of amides is 1. The zero-order chi connectivity index (χ0) is 17.1. The van der Waals surface area contributed by atoms with Gasteiger partial charge in [-0.25, -0.2) is 0 Å². The number of hydrogen-bond donors (Lipinski definition) is 2. The van der Waals surface area contributed by atoms with Crippen LogP contribution in [0.2, 0.25) is 0 Å². The van der Waals surface area contributed by atoms with Gasteiger partial charge in [-0.2, -0.15) is 5.10 Å². The average molecular weight is 342 g/mol. The number of aromatic nitrogens is 5. The minimum absolute atomic E-state index is 0.182. The second-order valence-electron chi connectivity index (χ2n) is 7.32. The molecule has 0 saturated heterocycles. The lowest BCUT2D eigenvalue weighted by Gasteiger charge is -2.20. The molecule has 0 bridgehead atoms. The number of carbonyl (C=O) groups excluding carboxylic acids is 1. The minimum Gasteiger partial charge on any atom is -0.345 e. The monoisotopic (exact) mass is 342 g/mol. The summed E-state index contributed by atoms with van der Waals surface area (Å²) in [6, 6.07) is 0. The van der Waals surface area contributed by atoms with E-state index in [0.717, 1.165) is 37.4 Å². The average Bonchev–Trinajstić information content (AvgIpc) is 3.36. The maximum absolute atomic E-state index is 12.3. The van der Waals surface area contributed by atoms with E-state index >= 15 is 0 Å². The number of nitrogens with one attached hydrogen (secondary N) is 2. The van der Waals surface area contributed by atoms with E-state index in [1.165, 1.54) is 49.8 Å². The van der Waals surface area contributed by atoms with Crippen LogP contribution < -0.4 is 5.32 Å². The number of carbonyl (C=O) groups is 1. The van der Waals surface area contributed by atoms with Crippen LogP contribution in [0.3, 0.4) is 0 Å². The Bertz CT molecular complexity index is 728. The van der Waals surface area contributed by atoms with Gasteiger partial charge in [0.2, 0.25) is 0 Å². The largest absolute Gasteiger partial charge is 0.345 e. The SMILES string of the molecule is O=C(NCc1n[nH]c2c1CCC2)c1cn(CCC2CCCCC2)nn1. The Kier molecular flexibility index (Phi) is 4.81. The van der Waals surface area contributed by atoms with Crippen LogP contribution in [0.25, 0.3) is 0 Å². The quantitative estimate of drug-likeness (QED) is 0.843. The second-order valence-corrected chi connectivity index (χ2v) is 7.32. The zero-order valence-corrected chi connectivity index (χ0v) is 14.6. The molecule has 134 valence electrons. The molecular weight excluding hydrogens is 316 g/mol. The minimum atomic E-state index is -0.182. The molecule has 0 atom stereocenters. The highest BCUT2D eigenvalue weighted by atomic mass is 16.2. The van der Waals surface area contributed by atoms with Crippen molar-refractivity contribution in [1.29, 1.82) is 0 Å². The summed E-state index contributed by atoms with van der Waals surface area (Å²) in [5.41, 5.74) is 3.83. The molecule has 0 aliphatic heterocycles.